The van der Waals surface area contributed by atoms with E-state index < -0.39 is 0 Å². The highest BCUT2D eigenvalue weighted by Gasteiger charge is 2.57. The van der Waals surface area contributed by atoms with Crippen LogP contribution < -0.4 is 0 Å². The Bertz CT molecular complexity index is 153. The molecule has 0 aromatic heterocycles. The van der Waals surface area contributed by atoms with Crippen molar-refractivity contribution in [3.05, 3.63) is 0 Å². The molecule has 0 spiro atoms. The first kappa shape index (κ1) is 6.66. The van der Waals surface area contributed by atoms with Crippen LogP contribution in [-0.2, 0) is 4.74 Å². The fourth-order valence-electron chi connectivity index (χ4n) is 2.04. The number of rotatable bonds is 1. The molecule has 0 aromatic carbocycles. The zero-order valence-corrected chi connectivity index (χ0v) is 7.05. The SMILES string of the molecule is CC(C)C1(C)COC2CC21. The second-order valence-electron chi connectivity index (χ2n) is 4.35. The third-order valence-electron chi connectivity index (χ3n) is 3.51. The summed E-state index contributed by atoms with van der Waals surface area (Å²) >= 11 is 0. The van der Waals surface area contributed by atoms with Gasteiger partial charge < -0.3 is 4.74 Å². The van der Waals surface area contributed by atoms with Crippen LogP contribution in [0.3, 0.4) is 0 Å². The topological polar surface area (TPSA) is 9.23 Å². The maximum absolute atomic E-state index is 5.60. The summed E-state index contributed by atoms with van der Waals surface area (Å²) in [5, 5.41) is 0. The third kappa shape index (κ3) is 0.672. The Labute approximate surface area is 62.8 Å². The van der Waals surface area contributed by atoms with Gasteiger partial charge in [-0.3, -0.25) is 0 Å². The summed E-state index contributed by atoms with van der Waals surface area (Å²) in [6.07, 6.45) is 1.97. The maximum atomic E-state index is 5.60. The van der Waals surface area contributed by atoms with E-state index in [4.69, 9.17) is 4.74 Å². The Morgan fingerprint density at radius 2 is 2.20 bits per heavy atom. The summed E-state index contributed by atoms with van der Waals surface area (Å²) in [7, 11) is 0. The van der Waals surface area contributed by atoms with Gasteiger partial charge in [0.1, 0.15) is 0 Å². The molecule has 0 N–H and O–H groups in total. The van der Waals surface area contributed by atoms with Crippen LogP contribution in [0, 0.1) is 17.3 Å². The van der Waals surface area contributed by atoms with Gasteiger partial charge in [0.25, 0.3) is 0 Å². The minimum Gasteiger partial charge on any atom is -0.377 e. The molecule has 0 radical (unpaired) electrons. The van der Waals surface area contributed by atoms with Gasteiger partial charge in [-0.25, -0.2) is 0 Å². The van der Waals surface area contributed by atoms with Gasteiger partial charge >= 0.3 is 0 Å². The molecule has 0 amide bonds. The Balaban J connectivity index is 2.14. The fraction of sp³-hybridized carbons (Fsp3) is 1.00. The summed E-state index contributed by atoms with van der Waals surface area (Å²) in [5.74, 6) is 1.68. The second-order valence-corrected chi connectivity index (χ2v) is 4.35. The lowest BCUT2D eigenvalue weighted by Gasteiger charge is -2.29. The van der Waals surface area contributed by atoms with Gasteiger partial charge in [0.05, 0.1) is 12.7 Å². The zero-order chi connectivity index (χ0) is 7.35. The van der Waals surface area contributed by atoms with E-state index in [1.54, 1.807) is 0 Å². The van der Waals surface area contributed by atoms with Crippen molar-refractivity contribution in [3.63, 3.8) is 0 Å². The van der Waals surface area contributed by atoms with Crippen LogP contribution in [0.2, 0.25) is 0 Å². The first-order chi connectivity index (χ1) is 4.64. The minimum atomic E-state index is 0.505. The van der Waals surface area contributed by atoms with Crippen molar-refractivity contribution in [1.82, 2.24) is 0 Å². The molecular formula is C9H16O. The molecule has 1 heterocycles. The maximum Gasteiger partial charge on any atom is 0.0614 e. The molecule has 1 saturated heterocycles. The molecule has 2 rings (SSSR count). The van der Waals surface area contributed by atoms with E-state index in [0.29, 0.717) is 11.5 Å². The summed E-state index contributed by atoms with van der Waals surface area (Å²) in [6, 6.07) is 0. The average Bonchev–Trinajstić information content (AvgIpc) is 2.56. The van der Waals surface area contributed by atoms with Crippen LogP contribution in [0.4, 0.5) is 0 Å². The standard InChI is InChI=1S/C9H16O/c1-6(2)9(3)5-10-8-4-7(8)9/h6-8H,4-5H2,1-3H3. The van der Waals surface area contributed by atoms with E-state index in [0.717, 1.165) is 18.4 Å². The Hall–Kier alpha value is -0.0400. The van der Waals surface area contributed by atoms with Crippen molar-refractivity contribution < 1.29 is 4.74 Å². The van der Waals surface area contributed by atoms with E-state index in [2.05, 4.69) is 20.8 Å². The molecule has 0 bridgehead atoms. The van der Waals surface area contributed by atoms with Crippen molar-refractivity contribution in [2.45, 2.75) is 33.3 Å². The minimum absolute atomic E-state index is 0.505. The van der Waals surface area contributed by atoms with Gasteiger partial charge in [0.15, 0.2) is 0 Å². The molecule has 3 atom stereocenters. The van der Waals surface area contributed by atoms with E-state index in [1.165, 1.54) is 6.42 Å². The highest BCUT2D eigenvalue weighted by molar-refractivity contribution is 5.05. The van der Waals surface area contributed by atoms with Gasteiger partial charge in [0.2, 0.25) is 0 Å². The lowest BCUT2D eigenvalue weighted by atomic mass is 9.76. The van der Waals surface area contributed by atoms with E-state index >= 15 is 0 Å². The lowest BCUT2D eigenvalue weighted by molar-refractivity contribution is 0.0804. The summed E-state index contributed by atoms with van der Waals surface area (Å²) in [6.45, 7) is 7.99. The molecule has 2 aliphatic rings. The number of hydrogen-bond donors (Lipinski definition) is 0. The first-order valence-electron chi connectivity index (χ1n) is 4.26. The molecular weight excluding hydrogens is 124 g/mol. The Morgan fingerprint density at radius 3 is 2.40 bits per heavy atom. The molecule has 58 valence electrons. The summed E-state index contributed by atoms with van der Waals surface area (Å²) < 4.78 is 5.60. The Morgan fingerprint density at radius 1 is 1.50 bits per heavy atom. The van der Waals surface area contributed by atoms with E-state index in [1.807, 2.05) is 0 Å². The van der Waals surface area contributed by atoms with Crippen molar-refractivity contribution in [2.75, 3.05) is 6.61 Å². The van der Waals surface area contributed by atoms with Gasteiger partial charge in [0, 0.05) is 0 Å². The quantitative estimate of drug-likeness (QED) is 0.541. The summed E-state index contributed by atoms with van der Waals surface area (Å²) in [4.78, 5) is 0. The molecule has 10 heavy (non-hydrogen) atoms. The van der Waals surface area contributed by atoms with Crippen LogP contribution in [0.15, 0.2) is 0 Å². The molecule has 3 unspecified atom stereocenters. The predicted molar refractivity (Wildman–Crippen MR) is 40.8 cm³/mol. The second kappa shape index (κ2) is 1.76. The predicted octanol–water partition coefficient (Wildman–Crippen LogP) is 2.07. The third-order valence-corrected chi connectivity index (χ3v) is 3.51. The molecule has 1 heteroatoms. The number of hydrogen-bond acceptors (Lipinski definition) is 1. The van der Waals surface area contributed by atoms with Crippen LogP contribution in [0.1, 0.15) is 27.2 Å². The molecule has 1 aliphatic heterocycles. The number of ether oxygens (including phenoxy) is 1. The zero-order valence-electron chi connectivity index (χ0n) is 7.05. The van der Waals surface area contributed by atoms with Crippen molar-refractivity contribution >= 4 is 0 Å². The van der Waals surface area contributed by atoms with Crippen LogP contribution >= 0.6 is 0 Å². The molecule has 1 saturated carbocycles. The largest absolute Gasteiger partial charge is 0.377 e. The van der Waals surface area contributed by atoms with Gasteiger partial charge in [-0.1, -0.05) is 20.8 Å². The molecule has 1 aliphatic carbocycles. The first-order valence-corrected chi connectivity index (χ1v) is 4.26. The lowest BCUT2D eigenvalue weighted by Crippen LogP contribution is -2.27. The Kier molecular flexibility index (Phi) is 1.17. The molecule has 1 nitrogen and oxygen atoms in total. The van der Waals surface area contributed by atoms with Gasteiger partial charge in [-0.15, -0.1) is 0 Å². The van der Waals surface area contributed by atoms with Crippen LogP contribution in [-0.4, -0.2) is 12.7 Å². The van der Waals surface area contributed by atoms with Crippen molar-refractivity contribution in [2.24, 2.45) is 17.3 Å². The van der Waals surface area contributed by atoms with E-state index in [9.17, 15) is 0 Å². The highest BCUT2D eigenvalue weighted by atomic mass is 16.5. The molecule has 0 aromatic rings. The van der Waals surface area contributed by atoms with Crippen molar-refractivity contribution in [3.8, 4) is 0 Å². The van der Waals surface area contributed by atoms with Crippen molar-refractivity contribution in [1.29, 1.82) is 0 Å². The number of fused-ring (bicyclic) bond motifs is 1. The summed E-state index contributed by atoms with van der Waals surface area (Å²) in [5.41, 5.74) is 0.505. The molecule has 2 fully saturated rings. The van der Waals surface area contributed by atoms with Gasteiger partial charge in [-0.05, 0) is 23.7 Å². The fourth-order valence-corrected chi connectivity index (χ4v) is 2.04. The van der Waals surface area contributed by atoms with Crippen LogP contribution in [0.25, 0.3) is 0 Å². The van der Waals surface area contributed by atoms with Gasteiger partial charge in [-0.2, -0.15) is 0 Å². The van der Waals surface area contributed by atoms with E-state index in [-0.39, 0.29) is 0 Å². The monoisotopic (exact) mass is 140 g/mol. The normalized spacial score (nSPS) is 51.6. The smallest absolute Gasteiger partial charge is 0.0614 e. The highest BCUT2D eigenvalue weighted by Crippen LogP contribution is 2.57. The average molecular weight is 140 g/mol. The van der Waals surface area contributed by atoms with Crippen LogP contribution in [0.5, 0.6) is 0 Å².